The van der Waals surface area contributed by atoms with Gasteiger partial charge in [0.15, 0.2) is 0 Å². The molecule has 0 aliphatic carbocycles. The zero-order chi connectivity index (χ0) is 55.4. The van der Waals surface area contributed by atoms with Crippen LogP contribution in [0.2, 0.25) is 0 Å². The van der Waals surface area contributed by atoms with E-state index in [-0.39, 0.29) is 38.6 Å². The number of azide groups is 1. The molecule has 1 rings (SSSR count). The first-order valence-electron chi connectivity index (χ1n) is 25.5. The van der Waals surface area contributed by atoms with Crippen molar-refractivity contribution in [3.8, 4) is 0 Å². The number of nitrogens with one attached hydrogen (secondary N) is 5. The normalized spacial score (nSPS) is 11.9. The lowest BCUT2D eigenvalue weighted by atomic mass is 10.0. The van der Waals surface area contributed by atoms with Gasteiger partial charge in [-0.25, -0.2) is 4.79 Å². The number of nitrogens with two attached hydrogens (primary N) is 1. The molecule has 0 saturated carbocycles. The standard InChI is InChI=1S/C48H85N9O19/c1-39(2)45(47(62)55-42(4-3-9-52-48(49)63)46(61)54-41-7-5-40(36-58)6-8-41)56-44(60)38-76-37-43(59)51-10-12-64-14-16-66-18-20-68-22-24-70-26-28-72-30-32-74-34-35-75-33-31-73-29-27-71-25-23-69-21-19-67-17-15-65-13-11-53-57-50/h5-8,39,42,45,58H,3-4,9-38H2,1-2H3,(H,51,59)(H,54,61)(H,55,62)(H,56,60)(H3,49,52,63)/t42-,45-/m0/s1. The van der Waals surface area contributed by atoms with E-state index in [0.717, 1.165) is 0 Å². The van der Waals surface area contributed by atoms with E-state index in [0.29, 0.717) is 176 Å². The Kier molecular flexibility index (Phi) is 46.3. The topological polar surface area (TPSA) is 360 Å². The molecule has 0 saturated heterocycles. The molecular formula is C48H85N9O19. The average molecular weight is 1090 g/mol. The van der Waals surface area contributed by atoms with Crippen LogP contribution in [0.4, 0.5) is 10.5 Å². The number of benzene rings is 1. The van der Waals surface area contributed by atoms with E-state index in [1.807, 2.05) is 0 Å². The fourth-order valence-electron chi connectivity index (χ4n) is 5.94. The minimum absolute atomic E-state index is 0.146. The predicted molar refractivity (Wildman–Crippen MR) is 274 cm³/mol. The Hall–Kier alpha value is -4.88. The van der Waals surface area contributed by atoms with Gasteiger partial charge >= 0.3 is 6.03 Å². The van der Waals surface area contributed by atoms with Crippen molar-refractivity contribution in [2.45, 2.75) is 45.4 Å². The van der Waals surface area contributed by atoms with Gasteiger partial charge in [0.05, 0.1) is 165 Å². The van der Waals surface area contributed by atoms with Crippen LogP contribution in [-0.2, 0) is 87.4 Å². The first kappa shape index (κ1) is 69.1. The van der Waals surface area contributed by atoms with Gasteiger partial charge in [0.1, 0.15) is 25.3 Å². The highest BCUT2D eigenvalue weighted by Gasteiger charge is 2.29. The SMILES string of the molecule is CC(C)[C@H](NC(=O)COCC(=O)NCCOCCOCCOCCOCCOCCOCCOCCOCCOCCOCCOCCOCCN=[N+]=[N-])C(=O)N[C@@H](CCCNC(N)=O)C(=O)Nc1ccc(CO)cc1. The minimum Gasteiger partial charge on any atom is -0.392 e. The summed E-state index contributed by atoms with van der Waals surface area (Å²) in [6.07, 6.45) is 0.457. The molecule has 1 aromatic carbocycles. The summed E-state index contributed by atoms with van der Waals surface area (Å²) in [5, 5.41) is 25.7. The summed E-state index contributed by atoms with van der Waals surface area (Å²) in [5.74, 6) is -2.63. The monoisotopic (exact) mass is 1090 g/mol. The maximum absolute atomic E-state index is 13.3. The van der Waals surface area contributed by atoms with Crippen molar-refractivity contribution in [1.29, 1.82) is 0 Å². The molecule has 0 aliphatic rings. The average Bonchev–Trinajstić information content (AvgIpc) is 3.40. The van der Waals surface area contributed by atoms with E-state index in [9.17, 15) is 29.1 Å². The maximum Gasteiger partial charge on any atom is 0.312 e. The molecule has 1 aromatic rings. The third kappa shape index (κ3) is 43.2. The van der Waals surface area contributed by atoms with Gasteiger partial charge < -0.3 is 99.0 Å². The molecule has 0 fully saturated rings. The number of nitrogens with zero attached hydrogens (tertiary/aromatic N) is 3. The Morgan fingerprint density at radius 2 is 0.947 bits per heavy atom. The van der Waals surface area contributed by atoms with E-state index in [1.54, 1.807) is 38.1 Å². The van der Waals surface area contributed by atoms with Crippen LogP contribution in [0.5, 0.6) is 0 Å². The van der Waals surface area contributed by atoms with Gasteiger partial charge in [-0.05, 0) is 42.0 Å². The van der Waals surface area contributed by atoms with Crippen molar-refractivity contribution < 1.29 is 90.7 Å². The van der Waals surface area contributed by atoms with Gasteiger partial charge in [-0.3, -0.25) is 19.2 Å². The summed E-state index contributed by atoms with van der Waals surface area (Å²) < 4.78 is 70.6. The number of amides is 6. The van der Waals surface area contributed by atoms with E-state index in [1.165, 1.54) is 0 Å². The van der Waals surface area contributed by atoms with Crippen LogP contribution in [-0.4, -0.2) is 238 Å². The second-order valence-corrected chi connectivity index (χ2v) is 16.3. The van der Waals surface area contributed by atoms with Crippen molar-refractivity contribution in [3.05, 3.63) is 40.3 Å². The molecule has 0 spiro atoms. The van der Waals surface area contributed by atoms with Crippen molar-refractivity contribution >= 4 is 35.3 Å². The van der Waals surface area contributed by atoms with Crippen molar-refractivity contribution in [2.24, 2.45) is 16.8 Å². The third-order valence-electron chi connectivity index (χ3n) is 9.80. The van der Waals surface area contributed by atoms with Crippen LogP contribution < -0.4 is 32.3 Å². The molecule has 6 amide bonds. The lowest BCUT2D eigenvalue weighted by Crippen LogP contribution is -2.55. The van der Waals surface area contributed by atoms with Crippen molar-refractivity contribution in [2.75, 3.05) is 197 Å². The highest BCUT2D eigenvalue weighted by atomic mass is 16.6. The Balaban J connectivity index is 1.93. The summed E-state index contributed by atoms with van der Waals surface area (Å²) in [6.45, 7) is 13.2. The Labute approximate surface area is 445 Å². The number of carbonyl (C=O) groups is 5. The summed E-state index contributed by atoms with van der Waals surface area (Å²) in [6, 6.07) is 3.72. The van der Waals surface area contributed by atoms with Gasteiger partial charge in [-0.2, -0.15) is 0 Å². The van der Waals surface area contributed by atoms with Gasteiger partial charge in [0.2, 0.25) is 23.6 Å². The second kappa shape index (κ2) is 50.9. The highest BCUT2D eigenvalue weighted by molar-refractivity contribution is 5.98. The lowest BCUT2D eigenvalue weighted by molar-refractivity contribution is -0.135. The molecule has 76 heavy (non-hydrogen) atoms. The molecule has 28 nitrogen and oxygen atoms in total. The van der Waals surface area contributed by atoms with Gasteiger partial charge in [0.25, 0.3) is 0 Å². The minimum atomic E-state index is -1.03. The van der Waals surface area contributed by atoms with Gasteiger partial charge in [-0.15, -0.1) is 0 Å². The highest BCUT2D eigenvalue weighted by Crippen LogP contribution is 2.12. The summed E-state index contributed by atoms with van der Waals surface area (Å²) in [4.78, 5) is 65.2. The summed E-state index contributed by atoms with van der Waals surface area (Å²) in [7, 11) is 0. The number of aliphatic hydroxyl groups is 1. The lowest BCUT2D eigenvalue weighted by Gasteiger charge is -2.25. The quantitative estimate of drug-likeness (QED) is 0.0193. The van der Waals surface area contributed by atoms with E-state index < -0.39 is 55.0 Å². The summed E-state index contributed by atoms with van der Waals surface area (Å²) >= 11 is 0. The Morgan fingerprint density at radius 3 is 1.34 bits per heavy atom. The van der Waals surface area contributed by atoms with Crippen molar-refractivity contribution in [1.82, 2.24) is 21.3 Å². The summed E-state index contributed by atoms with van der Waals surface area (Å²) in [5.41, 5.74) is 14.4. The Morgan fingerprint density at radius 1 is 0.539 bits per heavy atom. The first-order valence-corrected chi connectivity index (χ1v) is 25.5. The molecule has 0 bridgehead atoms. The number of primary amides is 1. The van der Waals surface area contributed by atoms with E-state index >= 15 is 0 Å². The van der Waals surface area contributed by atoms with Crippen LogP contribution in [0.1, 0.15) is 32.3 Å². The Bertz CT molecular complexity index is 1670. The molecule has 0 radical (unpaired) electrons. The number of ether oxygens (including phenoxy) is 13. The number of rotatable bonds is 54. The third-order valence-corrected chi connectivity index (χ3v) is 9.80. The zero-order valence-electron chi connectivity index (χ0n) is 44.4. The molecule has 8 N–H and O–H groups in total. The van der Waals surface area contributed by atoms with E-state index in [2.05, 4.69) is 36.6 Å². The number of hydrogen-bond donors (Lipinski definition) is 7. The molecule has 28 heteroatoms. The number of hydrogen-bond acceptors (Lipinski definition) is 20. The fourth-order valence-corrected chi connectivity index (χ4v) is 5.94. The molecule has 436 valence electrons. The van der Waals surface area contributed by atoms with E-state index in [4.69, 9.17) is 72.8 Å². The van der Waals surface area contributed by atoms with Crippen LogP contribution in [0.15, 0.2) is 29.4 Å². The smallest absolute Gasteiger partial charge is 0.312 e. The molecule has 0 aromatic heterocycles. The van der Waals surface area contributed by atoms with Crippen LogP contribution in [0, 0.1) is 5.92 Å². The molecule has 0 unspecified atom stereocenters. The first-order chi connectivity index (χ1) is 37.1. The number of urea groups is 1. The van der Waals surface area contributed by atoms with Crippen LogP contribution >= 0.6 is 0 Å². The maximum atomic E-state index is 13.3. The van der Waals surface area contributed by atoms with Gasteiger partial charge in [0, 0.05) is 30.2 Å². The van der Waals surface area contributed by atoms with Crippen LogP contribution in [0.25, 0.3) is 10.4 Å². The molecular weight excluding hydrogens is 1010 g/mol. The zero-order valence-corrected chi connectivity index (χ0v) is 44.4. The number of carbonyl (C=O) groups excluding carboxylic acids is 5. The predicted octanol–water partition coefficient (Wildman–Crippen LogP) is -0.166. The molecule has 2 atom stereocenters. The molecule has 0 heterocycles. The second-order valence-electron chi connectivity index (χ2n) is 16.3. The number of anilines is 1. The molecule has 0 aliphatic heterocycles. The largest absolute Gasteiger partial charge is 0.392 e. The van der Waals surface area contributed by atoms with Crippen LogP contribution in [0.3, 0.4) is 0 Å². The fraction of sp³-hybridized carbons (Fsp3) is 0.771. The number of aliphatic hydroxyl groups excluding tert-OH is 1. The van der Waals surface area contributed by atoms with Gasteiger partial charge in [-0.1, -0.05) is 31.1 Å². The van der Waals surface area contributed by atoms with Crippen molar-refractivity contribution in [3.63, 3.8) is 0 Å².